The Morgan fingerprint density at radius 2 is 1.09 bits per heavy atom. The highest BCUT2D eigenvalue weighted by molar-refractivity contribution is 6.32. The zero-order chi connectivity index (χ0) is 48.0. The first-order valence-electron chi connectivity index (χ1n) is 22.8. The van der Waals surface area contributed by atoms with Crippen LogP contribution in [0.2, 0.25) is 5.02 Å². The second-order valence-corrected chi connectivity index (χ2v) is 17.5. The van der Waals surface area contributed by atoms with Gasteiger partial charge < -0.3 is 30.6 Å². The van der Waals surface area contributed by atoms with Crippen LogP contribution in [0.1, 0.15) is 68.6 Å². The van der Waals surface area contributed by atoms with E-state index in [1.165, 1.54) is 17.7 Å². The summed E-state index contributed by atoms with van der Waals surface area (Å²) in [6.07, 6.45) is 7.47. The Kier molecular flexibility index (Phi) is 13.9. The van der Waals surface area contributed by atoms with Crippen molar-refractivity contribution in [3.63, 3.8) is 0 Å². The van der Waals surface area contributed by atoms with Gasteiger partial charge in [-0.25, -0.2) is 14.4 Å². The van der Waals surface area contributed by atoms with E-state index in [-0.39, 0.29) is 28.3 Å². The van der Waals surface area contributed by atoms with Crippen LogP contribution in [0.3, 0.4) is 0 Å². The van der Waals surface area contributed by atoms with Gasteiger partial charge in [-0.15, -0.1) is 0 Å². The number of nitrogens with zero attached hydrogens (tertiary/aromatic N) is 6. The van der Waals surface area contributed by atoms with Crippen molar-refractivity contribution in [3.8, 4) is 34.0 Å². The van der Waals surface area contributed by atoms with Crippen LogP contribution in [0.4, 0.5) is 4.39 Å². The molecule has 2 amide bonds. The molecule has 6 N–H and O–H groups in total. The van der Waals surface area contributed by atoms with Crippen molar-refractivity contribution in [2.24, 2.45) is 0 Å². The number of fused-ring (bicyclic) bond motifs is 2. The van der Waals surface area contributed by atoms with Gasteiger partial charge in [0.25, 0.3) is 11.8 Å². The molecule has 0 atom stereocenters. The fraction of sp³-hybridized carbons (Fsp3) is 0.208. The Labute approximate surface area is 402 Å². The van der Waals surface area contributed by atoms with Crippen LogP contribution >= 0.6 is 11.6 Å². The van der Waals surface area contributed by atoms with Crippen molar-refractivity contribution in [1.29, 1.82) is 0 Å². The highest BCUT2D eigenvalue weighted by Gasteiger charge is 2.26. The molecule has 350 valence electrons. The Bertz CT molecular complexity index is 3190. The fourth-order valence-corrected chi connectivity index (χ4v) is 8.52. The number of phenolic OH excluding ortho intramolecular Hbond substituents is 2. The van der Waals surface area contributed by atoms with Crippen LogP contribution in [-0.2, 0) is 0 Å². The van der Waals surface area contributed by atoms with Crippen LogP contribution in [0, 0.1) is 5.82 Å². The number of aromatic hydroxyl groups is 2. The summed E-state index contributed by atoms with van der Waals surface area (Å²) in [5.74, 6) is 0.260. The average Bonchev–Trinajstić information content (AvgIpc) is 3.99. The minimum Gasteiger partial charge on any atom is -0.508 e. The summed E-state index contributed by atoms with van der Waals surface area (Å²) < 4.78 is 13.4. The lowest BCUT2D eigenvalue weighted by molar-refractivity contribution is 0.0730. The summed E-state index contributed by atoms with van der Waals surface area (Å²) >= 11 is 6.16. The zero-order valence-corrected chi connectivity index (χ0v) is 38.8. The maximum atomic E-state index is 13.6. The topological polar surface area (TPSA) is 188 Å². The second-order valence-electron chi connectivity index (χ2n) is 17.1. The van der Waals surface area contributed by atoms with Crippen LogP contribution in [-0.4, -0.2) is 115 Å². The number of halogens is 2. The molecule has 0 radical (unpaired) electrons. The average molecular weight is 945 g/mol. The smallest absolute Gasteiger partial charge is 0.254 e. The van der Waals surface area contributed by atoms with Gasteiger partial charge in [0.2, 0.25) is 0 Å². The van der Waals surface area contributed by atoms with Gasteiger partial charge in [-0.3, -0.25) is 19.8 Å². The molecule has 4 aromatic heterocycles. The molecule has 0 bridgehead atoms. The molecule has 2 saturated heterocycles. The molecule has 0 unspecified atom stereocenters. The fourth-order valence-electron chi connectivity index (χ4n) is 8.29. The van der Waals surface area contributed by atoms with Gasteiger partial charge in [-0.2, -0.15) is 10.2 Å². The van der Waals surface area contributed by atoms with Gasteiger partial charge in [0.1, 0.15) is 17.3 Å². The highest BCUT2D eigenvalue weighted by atomic mass is 35.5. The molecule has 6 heterocycles. The van der Waals surface area contributed by atoms with Gasteiger partial charge in [0.05, 0.1) is 49.7 Å². The molecule has 0 saturated carbocycles. The number of phenols is 2. The van der Waals surface area contributed by atoms with E-state index in [2.05, 4.69) is 74.1 Å². The lowest BCUT2D eigenvalue weighted by Gasteiger charge is -2.27. The third kappa shape index (κ3) is 10.6. The molecule has 2 aliphatic heterocycles. The van der Waals surface area contributed by atoms with E-state index >= 15 is 0 Å². The standard InChI is InChI=1S/C28H29N5O2.C25H21ClFN5O2/c1-18(2)20-6-3-19(4-7-20)5-12-24-26-23(28(35)33-15-13-29-14-16-33)17-25(30-27(26)32-31-24)21-8-10-22(34)11-9-21;26-20-13-17(27)5-1-15(20)4-8-21-23-19(25(34)32-11-9-28-10-12-32)14-22(29-24(23)31-30-21)16-2-6-18(33)7-3-16/h3-12,17-18,29,34H,13-16H2,1-2H3,(H,30,31,32);1-8,13-14,28,33H,9-12H2,(H,29,30,31)/b12-5+;8-4+. The minimum atomic E-state index is -0.413. The number of pyridine rings is 2. The number of hydrogen-bond donors (Lipinski definition) is 6. The zero-order valence-electron chi connectivity index (χ0n) is 38.0. The lowest BCUT2D eigenvalue weighted by atomic mass is 10.0. The van der Waals surface area contributed by atoms with E-state index in [4.69, 9.17) is 16.6 Å². The predicted molar refractivity (Wildman–Crippen MR) is 269 cm³/mol. The van der Waals surface area contributed by atoms with Crippen molar-refractivity contribution in [2.75, 3.05) is 52.4 Å². The molecule has 4 aromatic carbocycles. The lowest BCUT2D eigenvalue weighted by Crippen LogP contribution is -2.46. The molecular weight excluding hydrogens is 895 g/mol. The van der Waals surface area contributed by atoms with Gasteiger partial charge in [-0.1, -0.05) is 67.9 Å². The monoisotopic (exact) mass is 944 g/mol. The van der Waals surface area contributed by atoms with Crippen molar-refractivity contribution in [2.45, 2.75) is 19.8 Å². The maximum absolute atomic E-state index is 13.6. The predicted octanol–water partition coefficient (Wildman–Crippen LogP) is 9.01. The van der Waals surface area contributed by atoms with E-state index in [1.807, 2.05) is 28.0 Å². The Hall–Kier alpha value is -7.72. The second kappa shape index (κ2) is 20.7. The number of nitrogens with one attached hydrogen (secondary N) is 4. The molecule has 2 aliphatic rings. The van der Waals surface area contributed by atoms with Gasteiger partial charge in [-0.05, 0) is 108 Å². The number of benzene rings is 4. The number of rotatable bonds is 9. The van der Waals surface area contributed by atoms with E-state index in [0.29, 0.717) is 87.9 Å². The van der Waals surface area contributed by atoms with Crippen molar-refractivity contribution < 1.29 is 24.2 Å². The summed E-state index contributed by atoms with van der Waals surface area (Å²) in [7, 11) is 0. The number of hydrogen-bond acceptors (Lipinski definition) is 10. The van der Waals surface area contributed by atoms with Crippen LogP contribution < -0.4 is 10.6 Å². The van der Waals surface area contributed by atoms with Crippen molar-refractivity contribution in [1.82, 2.24) is 50.8 Å². The number of piperazine rings is 2. The first-order chi connectivity index (χ1) is 33.5. The molecule has 10 rings (SSSR count). The number of carbonyl (C=O) groups excluding carboxylic acids is 2. The molecule has 8 aromatic rings. The summed E-state index contributed by atoms with van der Waals surface area (Å²) in [5, 5.41) is 42.3. The van der Waals surface area contributed by atoms with Crippen molar-refractivity contribution >= 4 is 69.8 Å². The number of H-pyrrole nitrogens is 2. The normalized spacial score (nSPS) is 14.3. The Balaban J connectivity index is 0.000000172. The molecular formula is C53H50ClFN10O4. The first kappa shape index (κ1) is 46.4. The molecule has 0 spiro atoms. The quantitative estimate of drug-likeness (QED) is 0.0815. The number of aromatic amines is 2. The highest BCUT2D eigenvalue weighted by Crippen LogP contribution is 2.32. The Morgan fingerprint density at radius 3 is 1.54 bits per heavy atom. The summed E-state index contributed by atoms with van der Waals surface area (Å²) in [5.41, 5.74) is 9.07. The number of aromatic nitrogens is 6. The SMILES string of the molecule is CC(C)c1ccc(/C=C/c2[nH]nc3nc(-c4ccc(O)cc4)cc(C(=O)N4CCNCC4)c23)cc1.O=C(c1cc(-c2ccc(O)cc2)nc2n[nH]c(/C=C/c3ccc(F)cc3Cl)c12)N1CCNCC1. The number of amides is 2. The van der Waals surface area contributed by atoms with E-state index < -0.39 is 5.82 Å². The molecule has 14 nitrogen and oxygen atoms in total. The van der Waals surface area contributed by atoms with Crippen molar-refractivity contribution in [3.05, 3.63) is 153 Å². The van der Waals surface area contributed by atoms with Crippen LogP contribution in [0.15, 0.2) is 103 Å². The minimum absolute atomic E-state index is 0.0312. The maximum Gasteiger partial charge on any atom is 0.254 e. The van der Waals surface area contributed by atoms with E-state index in [0.717, 1.165) is 48.6 Å². The largest absolute Gasteiger partial charge is 0.508 e. The third-order valence-electron chi connectivity index (χ3n) is 12.1. The van der Waals surface area contributed by atoms with E-state index in [1.54, 1.807) is 72.8 Å². The van der Waals surface area contributed by atoms with Gasteiger partial charge in [0, 0.05) is 63.5 Å². The number of carbonyl (C=O) groups is 2. The summed E-state index contributed by atoms with van der Waals surface area (Å²) in [4.78, 5) is 40.3. The molecule has 16 heteroatoms. The van der Waals surface area contributed by atoms with Gasteiger partial charge in [0.15, 0.2) is 11.3 Å². The van der Waals surface area contributed by atoms with Crippen LogP contribution in [0.5, 0.6) is 11.5 Å². The first-order valence-corrected chi connectivity index (χ1v) is 23.1. The molecule has 2 fully saturated rings. The summed E-state index contributed by atoms with van der Waals surface area (Å²) in [6.45, 7) is 9.88. The van der Waals surface area contributed by atoms with Gasteiger partial charge >= 0.3 is 0 Å². The summed E-state index contributed by atoms with van der Waals surface area (Å²) in [6, 6.07) is 29.7. The molecule has 0 aliphatic carbocycles. The Morgan fingerprint density at radius 1 is 0.623 bits per heavy atom. The van der Waals surface area contributed by atoms with E-state index in [9.17, 15) is 24.2 Å². The third-order valence-corrected chi connectivity index (χ3v) is 12.5. The molecule has 69 heavy (non-hydrogen) atoms. The van der Waals surface area contributed by atoms with Crippen LogP contribution in [0.25, 0.3) is 68.9 Å².